The Kier molecular flexibility index (Phi) is 3.58. The fourth-order valence-electron chi connectivity index (χ4n) is 2.96. The molecule has 4 rings (SSSR count). The minimum absolute atomic E-state index is 0.0179. The molecule has 3 nitrogen and oxygen atoms in total. The van der Waals surface area contributed by atoms with Gasteiger partial charge in [0.05, 0.1) is 17.6 Å². The number of hydrogen-bond acceptors (Lipinski definition) is 2. The SMILES string of the molecule is Cc1ccc(C(=O)Cn2c(Cl)nc3c4ccccc4ccc32)cc1. The Balaban J connectivity index is 1.79. The van der Waals surface area contributed by atoms with Crippen LogP contribution in [-0.4, -0.2) is 15.3 Å². The van der Waals surface area contributed by atoms with Crippen LogP contribution in [0.25, 0.3) is 21.8 Å². The summed E-state index contributed by atoms with van der Waals surface area (Å²) in [6.07, 6.45) is 0. The number of halogens is 1. The highest BCUT2D eigenvalue weighted by molar-refractivity contribution is 6.30. The van der Waals surface area contributed by atoms with Crippen molar-refractivity contribution in [1.29, 1.82) is 0 Å². The summed E-state index contributed by atoms with van der Waals surface area (Å²) < 4.78 is 1.77. The van der Waals surface area contributed by atoms with E-state index in [1.807, 2.05) is 67.6 Å². The number of aromatic nitrogens is 2. The number of nitrogens with zero attached hydrogens (tertiary/aromatic N) is 2. The number of carbonyl (C=O) groups is 1. The fourth-order valence-corrected chi connectivity index (χ4v) is 3.19. The van der Waals surface area contributed by atoms with E-state index in [1.54, 1.807) is 4.57 Å². The number of rotatable bonds is 3. The first-order chi connectivity index (χ1) is 11.6. The lowest BCUT2D eigenvalue weighted by atomic mass is 10.1. The molecule has 0 aliphatic heterocycles. The van der Waals surface area contributed by atoms with E-state index in [0.717, 1.165) is 27.4 Å². The van der Waals surface area contributed by atoms with E-state index in [2.05, 4.69) is 4.98 Å². The molecule has 0 fully saturated rings. The third kappa shape index (κ3) is 2.47. The second-order valence-electron chi connectivity index (χ2n) is 5.91. The summed E-state index contributed by atoms with van der Waals surface area (Å²) in [5, 5.41) is 2.48. The zero-order valence-corrected chi connectivity index (χ0v) is 13.9. The Morgan fingerprint density at radius 3 is 2.58 bits per heavy atom. The topological polar surface area (TPSA) is 34.9 Å². The van der Waals surface area contributed by atoms with Gasteiger partial charge in [0, 0.05) is 10.9 Å². The Hall–Kier alpha value is -2.65. The van der Waals surface area contributed by atoms with Crippen molar-refractivity contribution in [3.05, 3.63) is 77.1 Å². The third-order valence-electron chi connectivity index (χ3n) is 4.27. The molecular formula is C20H15ClN2O. The van der Waals surface area contributed by atoms with Gasteiger partial charge in [0.15, 0.2) is 5.78 Å². The van der Waals surface area contributed by atoms with Crippen molar-refractivity contribution in [3.8, 4) is 0 Å². The molecule has 0 radical (unpaired) electrons. The van der Waals surface area contributed by atoms with E-state index in [-0.39, 0.29) is 12.3 Å². The van der Waals surface area contributed by atoms with Gasteiger partial charge in [-0.1, -0.05) is 60.2 Å². The quantitative estimate of drug-likeness (QED) is 0.492. The molecule has 0 saturated heterocycles. The summed E-state index contributed by atoms with van der Waals surface area (Å²) in [5.41, 5.74) is 3.51. The predicted molar refractivity (Wildman–Crippen MR) is 97.8 cm³/mol. The highest BCUT2D eigenvalue weighted by Gasteiger charge is 2.15. The number of Topliss-reactive ketones (excluding diaryl/α,β-unsaturated/α-hetero) is 1. The number of imidazole rings is 1. The average molecular weight is 335 g/mol. The van der Waals surface area contributed by atoms with Crippen LogP contribution in [0.3, 0.4) is 0 Å². The van der Waals surface area contributed by atoms with E-state index < -0.39 is 0 Å². The van der Waals surface area contributed by atoms with Crippen LogP contribution >= 0.6 is 11.6 Å². The van der Waals surface area contributed by atoms with Gasteiger partial charge < -0.3 is 4.57 Å². The van der Waals surface area contributed by atoms with Gasteiger partial charge in [0.25, 0.3) is 0 Å². The summed E-state index contributed by atoms with van der Waals surface area (Å²) in [4.78, 5) is 17.1. The second-order valence-corrected chi connectivity index (χ2v) is 6.25. The Morgan fingerprint density at radius 2 is 1.79 bits per heavy atom. The number of aryl methyl sites for hydroxylation is 1. The smallest absolute Gasteiger partial charge is 0.204 e. The molecule has 0 aliphatic carbocycles. The summed E-state index contributed by atoms with van der Waals surface area (Å²) in [6.45, 7) is 2.18. The number of benzene rings is 3. The van der Waals surface area contributed by atoms with Crippen LogP contribution < -0.4 is 0 Å². The lowest BCUT2D eigenvalue weighted by Gasteiger charge is -2.06. The molecule has 118 valence electrons. The molecule has 0 unspecified atom stereocenters. The molecule has 0 bridgehead atoms. The van der Waals surface area contributed by atoms with Crippen LogP contribution in [0.1, 0.15) is 15.9 Å². The van der Waals surface area contributed by atoms with Gasteiger partial charge in [-0.25, -0.2) is 4.98 Å². The molecule has 1 aromatic heterocycles. The van der Waals surface area contributed by atoms with E-state index in [0.29, 0.717) is 10.8 Å². The lowest BCUT2D eigenvalue weighted by molar-refractivity contribution is 0.0973. The van der Waals surface area contributed by atoms with Crippen molar-refractivity contribution in [3.63, 3.8) is 0 Å². The van der Waals surface area contributed by atoms with Gasteiger partial charge in [0.2, 0.25) is 5.28 Å². The van der Waals surface area contributed by atoms with Crippen molar-refractivity contribution in [2.24, 2.45) is 0 Å². The van der Waals surface area contributed by atoms with Crippen molar-refractivity contribution in [2.75, 3.05) is 0 Å². The highest BCUT2D eigenvalue weighted by atomic mass is 35.5. The first-order valence-electron chi connectivity index (χ1n) is 7.77. The summed E-state index contributed by atoms with van der Waals surface area (Å²) in [6, 6.07) is 19.6. The van der Waals surface area contributed by atoms with Crippen molar-refractivity contribution < 1.29 is 4.79 Å². The summed E-state index contributed by atoms with van der Waals surface area (Å²) in [5.74, 6) is 0.0179. The van der Waals surface area contributed by atoms with Crippen LogP contribution in [0, 0.1) is 6.92 Å². The first kappa shape index (κ1) is 14.9. The van der Waals surface area contributed by atoms with Gasteiger partial charge in [0.1, 0.15) is 0 Å². The maximum absolute atomic E-state index is 12.6. The van der Waals surface area contributed by atoms with Gasteiger partial charge >= 0.3 is 0 Å². The maximum Gasteiger partial charge on any atom is 0.204 e. The molecule has 1 heterocycles. The third-order valence-corrected chi connectivity index (χ3v) is 4.56. The molecule has 0 N–H and O–H groups in total. The molecule has 0 saturated carbocycles. The van der Waals surface area contributed by atoms with Gasteiger partial charge in [-0.2, -0.15) is 0 Å². The minimum Gasteiger partial charge on any atom is -0.307 e. The molecule has 0 spiro atoms. The highest BCUT2D eigenvalue weighted by Crippen LogP contribution is 2.27. The van der Waals surface area contributed by atoms with Crippen LogP contribution in [0.4, 0.5) is 0 Å². The van der Waals surface area contributed by atoms with Gasteiger partial charge in [-0.3, -0.25) is 4.79 Å². The molecular weight excluding hydrogens is 320 g/mol. The standard InChI is InChI=1S/C20H15ClN2O/c1-13-6-8-15(9-7-13)18(24)12-23-17-11-10-14-4-2-3-5-16(14)19(17)22-20(23)21/h2-11H,12H2,1H3. The molecule has 4 aromatic rings. The molecule has 0 amide bonds. The predicted octanol–water partition coefficient (Wildman–Crippen LogP) is 5.03. The van der Waals surface area contributed by atoms with Gasteiger partial charge in [-0.15, -0.1) is 0 Å². The van der Waals surface area contributed by atoms with E-state index in [9.17, 15) is 4.79 Å². The largest absolute Gasteiger partial charge is 0.307 e. The molecule has 0 atom stereocenters. The number of ketones is 1. The normalized spacial score (nSPS) is 11.2. The van der Waals surface area contributed by atoms with E-state index in [1.165, 1.54) is 0 Å². The van der Waals surface area contributed by atoms with Crippen LogP contribution in [-0.2, 0) is 6.54 Å². The molecule has 0 aliphatic rings. The monoisotopic (exact) mass is 334 g/mol. The molecule has 3 aromatic carbocycles. The van der Waals surface area contributed by atoms with Crippen molar-refractivity contribution in [2.45, 2.75) is 13.5 Å². The lowest BCUT2D eigenvalue weighted by Crippen LogP contribution is -2.10. The average Bonchev–Trinajstić information content (AvgIpc) is 2.91. The van der Waals surface area contributed by atoms with Gasteiger partial charge in [-0.05, 0) is 30.0 Å². The summed E-state index contributed by atoms with van der Waals surface area (Å²) in [7, 11) is 0. The molecule has 4 heteroatoms. The Morgan fingerprint density at radius 1 is 1.04 bits per heavy atom. The maximum atomic E-state index is 12.6. The zero-order valence-electron chi connectivity index (χ0n) is 13.2. The summed E-state index contributed by atoms with van der Waals surface area (Å²) >= 11 is 6.32. The van der Waals surface area contributed by atoms with Crippen LogP contribution in [0.15, 0.2) is 60.7 Å². The zero-order chi connectivity index (χ0) is 16.7. The Bertz CT molecular complexity index is 1060. The van der Waals surface area contributed by atoms with E-state index in [4.69, 9.17) is 11.6 Å². The molecule has 24 heavy (non-hydrogen) atoms. The number of hydrogen-bond donors (Lipinski definition) is 0. The van der Waals surface area contributed by atoms with Crippen LogP contribution in [0.2, 0.25) is 5.28 Å². The van der Waals surface area contributed by atoms with Crippen molar-refractivity contribution in [1.82, 2.24) is 9.55 Å². The number of fused-ring (bicyclic) bond motifs is 3. The van der Waals surface area contributed by atoms with Crippen molar-refractivity contribution >= 4 is 39.2 Å². The first-order valence-corrected chi connectivity index (χ1v) is 8.14. The Labute approximate surface area is 144 Å². The van der Waals surface area contributed by atoms with Crippen LogP contribution in [0.5, 0.6) is 0 Å². The second kappa shape index (κ2) is 5.77. The van der Waals surface area contributed by atoms with E-state index >= 15 is 0 Å². The minimum atomic E-state index is 0.0179. The fraction of sp³-hybridized carbons (Fsp3) is 0.100. The number of carbonyl (C=O) groups excluding carboxylic acids is 1.